The first kappa shape index (κ1) is 46.6. The maximum atomic E-state index is 15.1. The molecule has 0 fully saturated rings. The molecule has 2 amide bonds. The Kier molecular flexibility index (Phi) is 14.0. The Morgan fingerprint density at radius 1 is 0.530 bits per heavy atom. The highest BCUT2D eigenvalue weighted by molar-refractivity contribution is 6.18. The van der Waals surface area contributed by atoms with Gasteiger partial charge in [0.1, 0.15) is 57.6 Å². The van der Waals surface area contributed by atoms with Gasteiger partial charge in [0.25, 0.3) is 11.8 Å². The first-order chi connectivity index (χ1) is 31.8. The molecule has 0 spiro atoms. The van der Waals surface area contributed by atoms with E-state index in [4.69, 9.17) is 28.8 Å². The molecule has 6 aromatic carbocycles. The molecule has 0 atom stereocenters. The van der Waals surface area contributed by atoms with Gasteiger partial charge in [-0.15, -0.1) is 0 Å². The summed E-state index contributed by atoms with van der Waals surface area (Å²) >= 11 is 0. The van der Waals surface area contributed by atoms with E-state index in [1.54, 1.807) is 26.8 Å². The second-order valence-electron chi connectivity index (χ2n) is 15.0. The van der Waals surface area contributed by atoms with Crippen molar-refractivity contribution in [1.29, 1.82) is 0 Å². The number of fused-ring (bicyclic) bond motifs is 4. The SMILES string of the molecule is CCOC(=O)Cc1cc(F)c(N2Cc3c(c(OCC)c4ccccc4c3OCC)C2=O)c(F)c1.CCOc1c2c(c(OCC)c3ccccc13)C(=O)N(c1c(F)cc(CC(=O)O)cc1F)C2. The number of esters is 1. The molecule has 6 aromatic rings. The number of hydrogen-bond acceptors (Lipinski definition) is 9. The van der Waals surface area contributed by atoms with Crippen LogP contribution < -0.4 is 28.7 Å². The normalized spacial score (nSPS) is 12.8. The van der Waals surface area contributed by atoms with Crippen LogP contribution in [0.2, 0.25) is 0 Å². The lowest BCUT2D eigenvalue weighted by Gasteiger charge is -2.18. The molecule has 8 rings (SSSR count). The number of anilines is 2. The van der Waals surface area contributed by atoms with E-state index in [1.807, 2.05) is 56.3 Å². The monoisotopic (exact) mass is 910 g/mol. The highest BCUT2D eigenvalue weighted by atomic mass is 19.1. The highest BCUT2D eigenvalue weighted by Crippen LogP contribution is 2.48. The van der Waals surface area contributed by atoms with Crippen LogP contribution in [-0.2, 0) is 40.3 Å². The Hall–Kier alpha value is -7.36. The summed E-state index contributed by atoms with van der Waals surface area (Å²) < 4.78 is 88.3. The number of hydrogen-bond donors (Lipinski definition) is 1. The summed E-state index contributed by atoms with van der Waals surface area (Å²) in [5, 5.41) is 11.8. The molecule has 2 aliphatic rings. The van der Waals surface area contributed by atoms with E-state index in [9.17, 15) is 28.0 Å². The lowest BCUT2D eigenvalue weighted by molar-refractivity contribution is -0.142. The van der Waals surface area contributed by atoms with Gasteiger partial charge in [-0.3, -0.25) is 29.0 Å². The predicted molar refractivity (Wildman–Crippen MR) is 238 cm³/mol. The minimum absolute atomic E-state index is 0.0313. The Bertz CT molecular complexity index is 2860. The third-order valence-corrected chi connectivity index (χ3v) is 10.8. The van der Waals surface area contributed by atoms with Crippen LogP contribution >= 0.6 is 0 Å². The molecule has 1 N–H and O–H groups in total. The van der Waals surface area contributed by atoms with Crippen LogP contribution in [0.4, 0.5) is 28.9 Å². The third kappa shape index (κ3) is 8.74. The van der Waals surface area contributed by atoms with Gasteiger partial charge in [0, 0.05) is 32.7 Å². The van der Waals surface area contributed by atoms with Gasteiger partial charge in [-0.1, -0.05) is 48.5 Å². The van der Waals surface area contributed by atoms with E-state index >= 15 is 8.78 Å². The second kappa shape index (κ2) is 19.8. The molecule has 0 aromatic heterocycles. The van der Waals surface area contributed by atoms with E-state index in [-0.39, 0.29) is 48.4 Å². The minimum atomic E-state index is -1.21. The maximum absolute atomic E-state index is 15.1. The summed E-state index contributed by atoms with van der Waals surface area (Å²) in [7, 11) is 0. The van der Waals surface area contributed by atoms with Crippen molar-refractivity contribution in [3.05, 3.63) is 129 Å². The number of amides is 2. The number of halogens is 4. The molecule has 2 heterocycles. The van der Waals surface area contributed by atoms with E-state index < -0.39 is 64.8 Å². The molecule has 0 saturated heterocycles. The standard InChI is InChI=1S/C26H25F2NO5.C24H21F2NO5/c1-4-32-21(30)13-15-11-19(27)23(20(28)12-15)29-14-18-22(26(29)31)25(34-6-3)17-10-8-7-9-16(17)24(18)33-5-2;1-3-31-22-14-7-5-6-8-15(14)23(32-4-2)20-16(22)12-27(24(20)30)21-17(25)9-13(10-18(21)26)11-19(28)29/h7-12H,4-6,13-14H2,1-3H3;5-10H,3-4,11-12H2,1-2H3,(H,28,29). The van der Waals surface area contributed by atoms with Crippen molar-refractivity contribution in [3.63, 3.8) is 0 Å². The van der Waals surface area contributed by atoms with Gasteiger partial charge in [-0.05, 0) is 70.0 Å². The van der Waals surface area contributed by atoms with Gasteiger partial charge in [-0.25, -0.2) is 17.6 Å². The van der Waals surface area contributed by atoms with E-state index in [1.165, 1.54) is 0 Å². The fourth-order valence-corrected chi connectivity index (χ4v) is 8.41. The van der Waals surface area contributed by atoms with Crippen LogP contribution in [0.25, 0.3) is 21.5 Å². The van der Waals surface area contributed by atoms with Crippen LogP contribution in [0.1, 0.15) is 77.6 Å². The van der Waals surface area contributed by atoms with Gasteiger partial charge < -0.3 is 28.8 Å². The molecule has 0 radical (unpaired) electrons. The summed E-state index contributed by atoms with van der Waals surface area (Å²) in [6, 6.07) is 18.6. The number of rotatable bonds is 15. The van der Waals surface area contributed by atoms with Crippen molar-refractivity contribution in [2.75, 3.05) is 42.8 Å². The van der Waals surface area contributed by atoms with Gasteiger partial charge in [0.15, 0.2) is 0 Å². The maximum Gasteiger partial charge on any atom is 0.310 e. The van der Waals surface area contributed by atoms with Crippen LogP contribution in [0.5, 0.6) is 23.0 Å². The number of carbonyl (C=O) groups is 4. The van der Waals surface area contributed by atoms with Gasteiger partial charge in [0.2, 0.25) is 0 Å². The van der Waals surface area contributed by atoms with Gasteiger partial charge in [0.05, 0.1) is 70.1 Å². The number of ether oxygens (including phenoxy) is 5. The zero-order valence-electron chi connectivity index (χ0n) is 36.8. The third-order valence-electron chi connectivity index (χ3n) is 10.8. The van der Waals surface area contributed by atoms with Crippen molar-refractivity contribution >= 4 is 56.7 Å². The Labute approximate surface area is 377 Å². The molecule has 66 heavy (non-hydrogen) atoms. The predicted octanol–water partition coefficient (Wildman–Crippen LogP) is 9.88. The van der Waals surface area contributed by atoms with Gasteiger partial charge >= 0.3 is 11.9 Å². The van der Waals surface area contributed by atoms with Crippen LogP contribution in [-0.4, -0.2) is 61.9 Å². The average molecular weight is 911 g/mol. The molecule has 2 aliphatic heterocycles. The smallest absolute Gasteiger partial charge is 0.310 e. The number of carbonyl (C=O) groups excluding carboxylic acids is 3. The molecular formula is C50H46F4N2O10. The number of aliphatic carboxylic acids is 1. The zero-order chi connectivity index (χ0) is 47.4. The Balaban J connectivity index is 0.000000197. The Morgan fingerprint density at radius 2 is 0.864 bits per heavy atom. The summed E-state index contributed by atoms with van der Waals surface area (Å²) in [6.45, 7) is 10.1. The quantitative estimate of drug-likeness (QED) is 0.0782. The number of carboxylic acids is 1. The number of nitrogens with zero attached hydrogens (tertiary/aromatic N) is 2. The van der Waals surface area contributed by atoms with E-state index in [2.05, 4.69) is 0 Å². The van der Waals surface area contributed by atoms with Crippen molar-refractivity contribution in [3.8, 4) is 23.0 Å². The minimum Gasteiger partial charge on any atom is -0.493 e. The summed E-state index contributed by atoms with van der Waals surface area (Å²) in [5.41, 5.74) is 0.530. The number of benzene rings is 6. The highest BCUT2D eigenvalue weighted by Gasteiger charge is 2.40. The average Bonchev–Trinajstić information content (AvgIpc) is 3.78. The molecule has 12 nitrogen and oxygen atoms in total. The first-order valence-corrected chi connectivity index (χ1v) is 21.4. The lowest BCUT2D eigenvalue weighted by atomic mass is 9.99. The van der Waals surface area contributed by atoms with Crippen LogP contribution in [0.3, 0.4) is 0 Å². The van der Waals surface area contributed by atoms with Crippen LogP contribution in [0.15, 0.2) is 72.8 Å². The molecule has 0 unspecified atom stereocenters. The summed E-state index contributed by atoms with van der Waals surface area (Å²) in [5.74, 6) is -5.23. The fraction of sp³-hybridized carbons (Fsp3) is 0.280. The van der Waals surface area contributed by atoms with Crippen molar-refractivity contribution in [2.45, 2.75) is 60.5 Å². The molecule has 16 heteroatoms. The van der Waals surface area contributed by atoms with Gasteiger partial charge in [-0.2, -0.15) is 0 Å². The number of carboxylic acid groups (broad SMARTS) is 1. The first-order valence-electron chi connectivity index (χ1n) is 21.4. The van der Waals surface area contributed by atoms with Crippen LogP contribution in [0, 0.1) is 23.3 Å². The van der Waals surface area contributed by atoms with Crippen molar-refractivity contribution in [2.24, 2.45) is 0 Å². The second-order valence-corrected chi connectivity index (χ2v) is 15.0. The lowest BCUT2D eigenvalue weighted by Crippen LogP contribution is -2.26. The molecule has 0 aliphatic carbocycles. The fourth-order valence-electron chi connectivity index (χ4n) is 8.41. The summed E-state index contributed by atoms with van der Waals surface area (Å²) in [4.78, 5) is 51.6. The zero-order valence-corrected chi connectivity index (χ0v) is 36.8. The molecule has 0 saturated carbocycles. The van der Waals surface area contributed by atoms with Crippen molar-refractivity contribution in [1.82, 2.24) is 0 Å². The topological polar surface area (TPSA) is 141 Å². The van der Waals surface area contributed by atoms with Crippen molar-refractivity contribution < 1.29 is 65.5 Å². The van der Waals surface area contributed by atoms with E-state index in [0.29, 0.717) is 71.3 Å². The molecular weight excluding hydrogens is 865 g/mol. The van der Waals surface area contributed by atoms with E-state index in [0.717, 1.165) is 44.8 Å². The largest absolute Gasteiger partial charge is 0.493 e. The Morgan fingerprint density at radius 3 is 1.20 bits per heavy atom. The molecule has 344 valence electrons. The molecule has 0 bridgehead atoms. The summed E-state index contributed by atoms with van der Waals surface area (Å²) in [6.07, 6.45) is -0.804.